The van der Waals surface area contributed by atoms with Crippen molar-refractivity contribution in [3.05, 3.63) is 29.9 Å². The third-order valence-corrected chi connectivity index (χ3v) is 4.08. The second-order valence-electron chi connectivity index (χ2n) is 5.80. The first-order valence-corrected chi connectivity index (χ1v) is 7.54. The lowest BCUT2D eigenvalue weighted by atomic mass is 10.1. The van der Waals surface area contributed by atoms with Crippen molar-refractivity contribution in [1.82, 2.24) is 25.5 Å². The smallest absolute Gasteiger partial charge is 0.290 e. The predicted octanol–water partition coefficient (Wildman–Crippen LogP) is -1.05. The van der Waals surface area contributed by atoms with Crippen LogP contribution in [0.2, 0.25) is 0 Å². The zero-order chi connectivity index (χ0) is 17.1. The molecule has 3 rings (SSSR count). The number of carbonyl (C=O) groups is 1. The summed E-state index contributed by atoms with van der Waals surface area (Å²) < 4.78 is 11.3. The van der Waals surface area contributed by atoms with Crippen LogP contribution in [0.4, 0.5) is 0 Å². The van der Waals surface area contributed by atoms with Crippen LogP contribution in [0.3, 0.4) is 0 Å². The van der Waals surface area contributed by atoms with Gasteiger partial charge < -0.3 is 24.8 Å². The summed E-state index contributed by atoms with van der Waals surface area (Å²) in [6.07, 6.45) is 1.45. The second-order valence-corrected chi connectivity index (χ2v) is 5.80. The summed E-state index contributed by atoms with van der Waals surface area (Å²) in [5.41, 5.74) is 0.681. The minimum absolute atomic E-state index is 0.0561. The Bertz CT molecular complexity index is 673. The summed E-state index contributed by atoms with van der Waals surface area (Å²) in [6.45, 7) is 0.731. The van der Waals surface area contributed by atoms with E-state index in [0.717, 1.165) is 0 Å². The molecular weight excluding hydrogens is 318 g/mol. The van der Waals surface area contributed by atoms with E-state index in [1.165, 1.54) is 12.3 Å². The number of nitrogens with one attached hydrogen (secondary N) is 1. The van der Waals surface area contributed by atoms with Gasteiger partial charge in [-0.3, -0.25) is 9.48 Å². The summed E-state index contributed by atoms with van der Waals surface area (Å²) in [4.78, 5) is 12.0. The lowest BCUT2D eigenvalue weighted by Crippen LogP contribution is -2.43. The zero-order valence-electron chi connectivity index (χ0n) is 13.1. The van der Waals surface area contributed by atoms with Crippen molar-refractivity contribution in [3.8, 4) is 0 Å². The molecule has 0 radical (unpaired) electrons. The number of aliphatic hydroxyl groups is 2. The molecule has 2 heterocycles. The Kier molecular flexibility index (Phi) is 4.88. The van der Waals surface area contributed by atoms with Crippen molar-refractivity contribution in [2.24, 2.45) is 5.92 Å². The van der Waals surface area contributed by atoms with Gasteiger partial charge in [0, 0.05) is 25.6 Å². The molecule has 130 valence electrons. The molecule has 0 unspecified atom stereocenters. The summed E-state index contributed by atoms with van der Waals surface area (Å²) in [6, 6.07) is 0.849. The first-order chi connectivity index (χ1) is 11.6. The number of nitrogens with zero attached hydrogens (tertiary/aromatic N) is 4. The second kappa shape index (κ2) is 7.07. The highest BCUT2D eigenvalue weighted by Gasteiger charge is 2.42. The summed E-state index contributed by atoms with van der Waals surface area (Å²) in [5.74, 6) is -0.690. The molecule has 10 heteroatoms. The fourth-order valence-electron chi connectivity index (χ4n) is 2.90. The van der Waals surface area contributed by atoms with E-state index in [1.54, 1.807) is 18.0 Å². The maximum Gasteiger partial charge on any atom is 0.290 e. The molecule has 2 aromatic rings. The third kappa shape index (κ3) is 3.45. The molecule has 2 aromatic heterocycles. The van der Waals surface area contributed by atoms with Crippen LogP contribution in [-0.4, -0.2) is 61.6 Å². The minimum atomic E-state index is -1.07. The van der Waals surface area contributed by atoms with Gasteiger partial charge in [0.15, 0.2) is 0 Å². The molecule has 0 bridgehead atoms. The van der Waals surface area contributed by atoms with E-state index in [1.807, 2.05) is 0 Å². The van der Waals surface area contributed by atoms with E-state index in [0.29, 0.717) is 25.3 Å². The van der Waals surface area contributed by atoms with E-state index >= 15 is 0 Å². The fraction of sp³-hybridized carbons (Fsp3) is 0.571. The van der Waals surface area contributed by atoms with Gasteiger partial charge in [-0.25, -0.2) is 0 Å². The molecule has 10 nitrogen and oxygen atoms in total. The average molecular weight is 337 g/mol. The molecule has 1 aliphatic rings. The quantitative estimate of drug-likeness (QED) is 0.608. The van der Waals surface area contributed by atoms with Gasteiger partial charge in [0.25, 0.3) is 5.91 Å². The van der Waals surface area contributed by atoms with Crippen molar-refractivity contribution in [2.45, 2.75) is 37.8 Å². The van der Waals surface area contributed by atoms with Gasteiger partial charge >= 0.3 is 0 Å². The van der Waals surface area contributed by atoms with Crippen molar-refractivity contribution in [1.29, 1.82) is 0 Å². The number of methoxy groups -OCH3 is 1. The number of carbonyl (C=O) groups excluding carboxylic acids is 1. The van der Waals surface area contributed by atoms with Gasteiger partial charge in [-0.05, 0) is 6.42 Å². The van der Waals surface area contributed by atoms with Crippen LogP contribution in [-0.2, 0) is 17.9 Å². The third-order valence-electron chi connectivity index (χ3n) is 4.08. The van der Waals surface area contributed by atoms with E-state index in [2.05, 4.69) is 20.8 Å². The highest BCUT2D eigenvalue weighted by Crippen LogP contribution is 2.28. The van der Waals surface area contributed by atoms with Crippen LogP contribution < -0.4 is 5.32 Å². The van der Waals surface area contributed by atoms with Gasteiger partial charge in [0.1, 0.15) is 11.8 Å². The maximum atomic E-state index is 12.0. The Morgan fingerprint density at radius 1 is 1.50 bits per heavy atom. The Labute approximate surface area is 137 Å². The van der Waals surface area contributed by atoms with Gasteiger partial charge in [0.05, 0.1) is 31.1 Å². The van der Waals surface area contributed by atoms with Crippen molar-refractivity contribution in [3.63, 3.8) is 0 Å². The highest BCUT2D eigenvalue weighted by atomic mass is 16.5. The Hall–Kier alpha value is -2.30. The number of ether oxygens (including phenoxy) is 1. The van der Waals surface area contributed by atoms with E-state index in [9.17, 15) is 15.0 Å². The molecule has 0 spiro atoms. The number of amides is 1. The number of hydrogen-bond donors (Lipinski definition) is 3. The molecule has 4 atom stereocenters. The van der Waals surface area contributed by atoms with E-state index in [4.69, 9.17) is 9.26 Å². The minimum Gasteiger partial charge on any atom is -0.390 e. The van der Waals surface area contributed by atoms with Gasteiger partial charge in [-0.15, -0.1) is 5.10 Å². The van der Waals surface area contributed by atoms with Crippen molar-refractivity contribution in [2.75, 3.05) is 7.11 Å². The fourth-order valence-corrected chi connectivity index (χ4v) is 2.90. The largest absolute Gasteiger partial charge is 0.390 e. The average Bonchev–Trinajstić information content (AvgIpc) is 3.28. The Morgan fingerprint density at radius 3 is 3.04 bits per heavy atom. The number of aliphatic hydroxyl groups excluding tert-OH is 2. The highest BCUT2D eigenvalue weighted by molar-refractivity contribution is 5.91. The summed E-state index contributed by atoms with van der Waals surface area (Å²) in [7, 11) is 1.57. The van der Waals surface area contributed by atoms with Crippen LogP contribution >= 0.6 is 0 Å². The molecule has 1 fully saturated rings. The molecule has 1 saturated carbocycles. The van der Waals surface area contributed by atoms with E-state index < -0.39 is 24.2 Å². The van der Waals surface area contributed by atoms with E-state index in [-0.39, 0.29) is 11.7 Å². The number of rotatable bonds is 6. The number of hydrogen-bond acceptors (Lipinski definition) is 8. The molecule has 1 aliphatic carbocycles. The monoisotopic (exact) mass is 337 g/mol. The molecular formula is C14H19N5O5. The predicted molar refractivity (Wildman–Crippen MR) is 78.6 cm³/mol. The van der Waals surface area contributed by atoms with Gasteiger partial charge in [-0.1, -0.05) is 10.4 Å². The number of aromatic nitrogens is 4. The van der Waals surface area contributed by atoms with Crippen LogP contribution in [0, 0.1) is 5.92 Å². The van der Waals surface area contributed by atoms with Crippen LogP contribution in [0.25, 0.3) is 0 Å². The van der Waals surface area contributed by atoms with Crippen LogP contribution in [0.1, 0.15) is 22.7 Å². The molecule has 0 saturated heterocycles. The Balaban J connectivity index is 1.60. The Morgan fingerprint density at radius 2 is 2.33 bits per heavy atom. The lowest BCUT2D eigenvalue weighted by Gasteiger charge is -2.17. The molecule has 3 N–H and O–H groups in total. The zero-order valence-corrected chi connectivity index (χ0v) is 13.1. The van der Waals surface area contributed by atoms with Gasteiger partial charge in [0.2, 0.25) is 5.76 Å². The molecule has 24 heavy (non-hydrogen) atoms. The molecule has 0 aromatic carbocycles. The van der Waals surface area contributed by atoms with Crippen LogP contribution in [0.15, 0.2) is 23.0 Å². The lowest BCUT2D eigenvalue weighted by molar-refractivity contribution is 0.00745. The topological polar surface area (TPSA) is 136 Å². The molecule has 0 aliphatic heterocycles. The first-order valence-electron chi connectivity index (χ1n) is 7.54. The van der Waals surface area contributed by atoms with Crippen molar-refractivity contribution >= 4 is 5.91 Å². The maximum absolute atomic E-state index is 12.0. The van der Waals surface area contributed by atoms with Crippen LogP contribution in [0.5, 0.6) is 0 Å². The summed E-state index contributed by atoms with van der Waals surface area (Å²) in [5, 5.41) is 34.4. The molecule has 1 amide bonds. The van der Waals surface area contributed by atoms with Gasteiger partial charge in [-0.2, -0.15) is 0 Å². The standard InChI is InChI=1S/C14H19N5O5/c1-23-7-9-6-19(18-17-9)5-8-4-10(13(21)12(8)20)16-14(22)11-2-3-15-24-11/h2-3,6,8,10,12-13,20-21H,4-5,7H2,1H3,(H,16,22)/t8-,10-,12-,13+/m1/s1. The normalized spacial score (nSPS) is 26.6. The van der Waals surface area contributed by atoms with Crippen molar-refractivity contribution < 1.29 is 24.3 Å². The SMILES string of the molecule is COCc1cn(C[C@H]2C[C@@H](NC(=O)c3ccno3)[C@H](O)[C@@H]2O)nn1. The first kappa shape index (κ1) is 16.6. The summed E-state index contributed by atoms with van der Waals surface area (Å²) >= 11 is 0.